The molecule has 1 aromatic carbocycles. The van der Waals surface area contributed by atoms with Crippen LogP contribution in [-0.2, 0) is 11.0 Å². The molecule has 0 spiro atoms. The van der Waals surface area contributed by atoms with E-state index in [1.807, 2.05) is 0 Å². The lowest BCUT2D eigenvalue weighted by Gasteiger charge is -2.13. The number of hydrogen-bond donors (Lipinski definition) is 2. The van der Waals surface area contributed by atoms with Crippen LogP contribution >= 0.6 is 12.6 Å². The second-order valence-corrected chi connectivity index (χ2v) is 3.44. The van der Waals surface area contributed by atoms with Gasteiger partial charge in [-0.05, 0) is 18.2 Å². The molecule has 1 amide bonds. The number of ether oxygens (including phenoxy) is 1. The molecule has 0 heterocycles. The van der Waals surface area contributed by atoms with Gasteiger partial charge in [0.05, 0.1) is 24.1 Å². The topological polar surface area (TPSA) is 38.3 Å². The highest BCUT2D eigenvalue weighted by atomic mass is 32.1. The minimum atomic E-state index is -4.47. The van der Waals surface area contributed by atoms with E-state index in [4.69, 9.17) is 4.74 Å². The molecule has 0 fully saturated rings. The van der Waals surface area contributed by atoms with Crippen LogP contribution in [-0.4, -0.2) is 18.8 Å². The Labute approximate surface area is 101 Å². The molecule has 0 radical (unpaired) electrons. The molecule has 7 heteroatoms. The number of halogens is 3. The summed E-state index contributed by atoms with van der Waals surface area (Å²) >= 11 is 3.72. The monoisotopic (exact) mass is 265 g/mol. The van der Waals surface area contributed by atoms with Crippen LogP contribution in [0.4, 0.5) is 18.9 Å². The SMILES string of the molecule is COc1ccc(C(F)(F)F)cc1NC(=O)CS. The Hall–Kier alpha value is -1.37. The Bertz CT molecular complexity index is 421. The van der Waals surface area contributed by atoms with E-state index in [0.717, 1.165) is 18.2 Å². The fraction of sp³-hybridized carbons (Fsp3) is 0.300. The van der Waals surface area contributed by atoms with Crippen LogP contribution in [0.25, 0.3) is 0 Å². The molecule has 3 nitrogen and oxygen atoms in total. The summed E-state index contributed by atoms with van der Waals surface area (Å²) < 4.78 is 42.2. The first-order valence-corrected chi connectivity index (χ1v) is 5.17. The number of benzene rings is 1. The van der Waals surface area contributed by atoms with Crippen molar-refractivity contribution in [3.63, 3.8) is 0 Å². The summed E-state index contributed by atoms with van der Waals surface area (Å²) in [4.78, 5) is 11.1. The summed E-state index contributed by atoms with van der Waals surface area (Å²) in [6, 6.07) is 2.85. The van der Waals surface area contributed by atoms with Gasteiger partial charge in [-0.1, -0.05) is 0 Å². The van der Waals surface area contributed by atoms with Gasteiger partial charge in [0.25, 0.3) is 0 Å². The van der Waals surface area contributed by atoms with Crippen molar-refractivity contribution in [2.75, 3.05) is 18.2 Å². The number of rotatable bonds is 3. The largest absolute Gasteiger partial charge is 0.495 e. The van der Waals surface area contributed by atoms with Gasteiger partial charge in [0.1, 0.15) is 5.75 Å². The Kier molecular flexibility index (Phi) is 4.28. The Morgan fingerprint density at radius 3 is 2.59 bits per heavy atom. The van der Waals surface area contributed by atoms with Crippen LogP contribution in [0.2, 0.25) is 0 Å². The van der Waals surface area contributed by atoms with Gasteiger partial charge < -0.3 is 10.1 Å². The molecular weight excluding hydrogens is 255 g/mol. The minimum absolute atomic E-state index is 0.0265. The number of thiol groups is 1. The molecule has 1 rings (SSSR count). The highest BCUT2D eigenvalue weighted by Crippen LogP contribution is 2.34. The maximum absolute atomic E-state index is 12.5. The predicted octanol–water partition coefficient (Wildman–Crippen LogP) is 2.58. The number of nitrogens with one attached hydrogen (secondary N) is 1. The second-order valence-electron chi connectivity index (χ2n) is 3.12. The van der Waals surface area contributed by atoms with Gasteiger partial charge in [0, 0.05) is 0 Å². The number of methoxy groups -OCH3 is 1. The van der Waals surface area contributed by atoms with Crippen molar-refractivity contribution in [1.29, 1.82) is 0 Å². The van der Waals surface area contributed by atoms with Crippen LogP contribution in [0, 0.1) is 0 Å². The number of carbonyl (C=O) groups is 1. The number of hydrogen-bond acceptors (Lipinski definition) is 3. The first-order chi connectivity index (χ1) is 7.88. The summed E-state index contributed by atoms with van der Waals surface area (Å²) in [5, 5.41) is 2.28. The average molecular weight is 265 g/mol. The molecule has 0 bridgehead atoms. The third-order valence-electron chi connectivity index (χ3n) is 1.94. The Morgan fingerprint density at radius 2 is 2.12 bits per heavy atom. The molecule has 0 aromatic heterocycles. The van der Waals surface area contributed by atoms with Gasteiger partial charge in [-0.15, -0.1) is 0 Å². The molecule has 17 heavy (non-hydrogen) atoms. The first-order valence-electron chi connectivity index (χ1n) is 4.54. The zero-order chi connectivity index (χ0) is 13.1. The Morgan fingerprint density at radius 1 is 1.47 bits per heavy atom. The zero-order valence-electron chi connectivity index (χ0n) is 8.84. The lowest BCUT2D eigenvalue weighted by Crippen LogP contribution is -2.14. The summed E-state index contributed by atoms with van der Waals surface area (Å²) in [5.41, 5.74) is -0.880. The highest BCUT2D eigenvalue weighted by molar-refractivity contribution is 7.81. The average Bonchev–Trinajstić information content (AvgIpc) is 2.27. The van der Waals surface area contributed by atoms with Crippen molar-refractivity contribution in [3.05, 3.63) is 23.8 Å². The minimum Gasteiger partial charge on any atom is -0.495 e. The number of amides is 1. The van der Waals surface area contributed by atoms with Gasteiger partial charge in [0.2, 0.25) is 5.91 Å². The molecule has 0 unspecified atom stereocenters. The summed E-state index contributed by atoms with van der Waals surface area (Å²) in [7, 11) is 1.30. The predicted molar refractivity (Wildman–Crippen MR) is 60.5 cm³/mol. The smallest absolute Gasteiger partial charge is 0.416 e. The van der Waals surface area contributed by atoms with E-state index in [0.29, 0.717) is 0 Å². The van der Waals surface area contributed by atoms with E-state index in [1.165, 1.54) is 7.11 Å². The van der Waals surface area contributed by atoms with Gasteiger partial charge in [-0.25, -0.2) is 0 Å². The van der Waals surface area contributed by atoms with E-state index in [-0.39, 0.29) is 17.2 Å². The molecule has 0 saturated carbocycles. The van der Waals surface area contributed by atoms with E-state index in [9.17, 15) is 18.0 Å². The van der Waals surface area contributed by atoms with E-state index in [2.05, 4.69) is 17.9 Å². The zero-order valence-corrected chi connectivity index (χ0v) is 9.73. The summed E-state index contributed by atoms with van der Waals surface area (Å²) in [6.45, 7) is 0. The highest BCUT2D eigenvalue weighted by Gasteiger charge is 2.31. The van der Waals surface area contributed by atoms with Crippen LogP contribution in [0.3, 0.4) is 0 Å². The first kappa shape index (κ1) is 13.7. The molecule has 94 valence electrons. The van der Waals surface area contributed by atoms with Crippen molar-refractivity contribution in [2.24, 2.45) is 0 Å². The van der Waals surface area contributed by atoms with Gasteiger partial charge in [0.15, 0.2) is 0 Å². The molecule has 0 atom stereocenters. The van der Waals surface area contributed by atoms with E-state index < -0.39 is 17.6 Å². The molecular formula is C10H10F3NO2S. The van der Waals surface area contributed by atoms with Crippen molar-refractivity contribution >= 4 is 24.2 Å². The van der Waals surface area contributed by atoms with E-state index in [1.54, 1.807) is 0 Å². The molecule has 1 N–H and O–H groups in total. The number of carbonyl (C=O) groups excluding carboxylic acids is 1. The standard InChI is InChI=1S/C10H10F3NO2S/c1-16-8-3-2-6(10(11,12)13)4-7(8)14-9(15)5-17/h2-4,17H,5H2,1H3,(H,14,15). The Balaban J connectivity index is 3.11. The van der Waals surface area contributed by atoms with Gasteiger partial charge in [-0.2, -0.15) is 25.8 Å². The van der Waals surface area contributed by atoms with Crippen LogP contribution in [0.1, 0.15) is 5.56 Å². The lowest BCUT2D eigenvalue weighted by atomic mass is 10.2. The normalized spacial score (nSPS) is 11.1. The van der Waals surface area contributed by atoms with Gasteiger partial charge in [-0.3, -0.25) is 4.79 Å². The summed E-state index contributed by atoms with van der Waals surface area (Å²) in [6.07, 6.45) is -4.47. The molecule has 1 aromatic rings. The molecule has 0 aliphatic heterocycles. The maximum atomic E-state index is 12.5. The van der Waals surface area contributed by atoms with Crippen molar-refractivity contribution < 1.29 is 22.7 Å². The fourth-order valence-electron chi connectivity index (χ4n) is 1.17. The third kappa shape index (κ3) is 3.55. The fourth-order valence-corrected chi connectivity index (χ4v) is 1.25. The summed E-state index contributed by atoms with van der Waals surface area (Å²) in [5.74, 6) is -0.474. The third-order valence-corrected chi connectivity index (χ3v) is 2.23. The van der Waals surface area contributed by atoms with Crippen LogP contribution in [0.5, 0.6) is 5.75 Å². The van der Waals surface area contributed by atoms with E-state index >= 15 is 0 Å². The lowest BCUT2D eigenvalue weighted by molar-refractivity contribution is -0.137. The van der Waals surface area contributed by atoms with Crippen molar-refractivity contribution in [1.82, 2.24) is 0 Å². The molecule has 0 aliphatic carbocycles. The van der Waals surface area contributed by atoms with Crippen LogP contribution < -0.4 is 10.1 Å². The quantitative estimate of drug-likeness (QED) is 0.824. The van der Waals surface area contributed by atoms with Gasteiger partial charge >= 0.3 is 6.18 Å². The second kappa shape index (κ2) is 5.31. The molecule has 0 saturated heterocycles. The van der Waals surface area contributed by atoms with Crippen molar-refractivity contribution in [2.45, 2.75) is 6.18 Å². The van der Waals surface area contributed by atoms with Crippen LogP contribution in [0.15, 0.2) is 18.2 Å². The number of anilines is 1. The number of alkyl halides is 3. The van der Waals surface area contributed by atoms with Crippen molar-refractivity contribution in [3.8, 4) is 5.75 Å². The molecule has 0 aliphatic rings. The maximum Gasteiger partial charge on any atom is 0.416 e.